The number of carbonyl (C=O) groups excluding carboxylic acids is 2. The van der Waals surface area contributed by atoms with Gasteiger partial charge in [-0.2, -0.15) is 5.10 Å². The topological polar surface area (TPSA) is 116 Å². The largest absolute Gasteiger partial charge is 0.352 e. The van der Waals surface area contributed by atoms with E-state index >= 15 is 0 Å². The number of benzene rings is 1. The second-order valence-corrected chi connectivity index (χ2v) is 7.87. The summed E-state index contributed by atoms with van der Waals surface area (Å²) in [6, 6.07) is 11.2. The van der Waals surface area contributed by atoms with E-state index in [0.29, 0.717) is 23.5 Å². The van der Waals surface area contributed by atoms with Gasteiger partial charge in [0.2, 0.25) is 11.8 Å². The summed E-state index contributed by atoms with van der Waals surface area (Å²) in [6.45, 7) is 0.370. The third kappa shape index (κ3) is 4.84. The molecule has 0 aliphatic rings. The van der Waals surface area contributed by atoms with E-state index in [4.69, 9.17) is 0 Å². The molecule has 10 nitrogen and oxygen atoms in total. The van der Waals surface area contributed by atoms with Crippen molar-refractivity contribution in [1.29, 1.82) is 0 Å². The minimum absolute atomic E-state index is 0.0228. The number of carbonyl (C=O) groups is 2. The lowest BCUT2D eigenvalue weighted by Crippen LogP contribution is -2.24. The molecule has 170 valence electrons. The van der Waals surface area contributed by atoms with Crippen LogP contribution in [0.2, 0.25) is 0 Å². The van der Waals surface area contributed by atoms with Crippen LogP contribution in [0, 0.1) is 0 Å². The number of nitrogens with zero attached hydrogens (tertiary/aromatic N) is 5. The quantitative estimate of drug-likeness (QED) is 0.447. The standard InChI is InChI=1S/C23H25N7O3/c1-28-14-17(13-25-28)16-6-4-5-15(11-16)12-24-20(31)9-10-21(32)26-19-8-7-18-22(27-19)30(3)23(33)29(18)2/h4-8,11,13-14H,9-10,12H2,1-3H3,(H,24,31)(H,26,27,32). The Kier molecular flexibility index (Phi) is 6.07. The van der Waals surface area contributed by atoms with Crippen LogP contribution in [0.5, 0.6) is 0 Å². The number of fused-ring (bicyclic) bond motifs is 1. The molecule has 2 amide bonds. The molecule has 0 saturated carbocycles. The van der Waals surface area contributed by atoms with E-state index in [2.05, 4.69) is 20.7 Å². The molecule has 3 aromatic heterocycles. The first-order chi connectivity index (χ1) is 15.8. The second-order valence-electron chi connectivity index (χ2n) is 7.87. The molecule has 0 radical (unpaired) electrons. The number of imidazole rings is 1. The highest BCUT2D eigenvalue weighted by atomic mass is 16.2. The molecule has 0 saturated heterocycles. The van der Waals surface area contributed by atoms with Crippen LogP contribution < -0.4 is 16.3 Å². The van der Waals surface area contributed by atoms with Gasteiger partial charge >= 0.3 is 5.69 Å². The van der Waals surface area contributed by atoms with Crippen molar-refractivity contribution in [3.05, 3.63) is 64.8 Å². The lowest BCUT2D eigenvalue weighted by molar-refractivity contribution is -0.124. The monoisotopic (exact) mass is 447 g/mol. The highest BCUT2D eigenvalue weighted by Gasteiger charge is 2.12. The molecule has 0 bridgehead atoms. The van der Waals surface area contributed by atoms with Gasteiger partial charge in [0, 0.05) is 52.3 Å². The Morgan fingerprint density at radius 3 is 2.52 bits per heavy atom. The maximum Gasteiger partial charge on any atom is 0.329 e. The smallest absolute Gasteiger partial charge is 0.329 e. The summed E-state index contributed by atoms with van der Waals surface area (Å²) in [5, 5.41) is 9.71. The van der Waals surface area contributed by atoms with Crippen molar-refractivity contribution >= 4 is 28.8 Å². The van der Waals surface area contributed by atoms with Crippen molar-refractivity contribution in [3.63, 3.8) is 0 Å². The minimum Gasteiger partial charge on any atom is -0.352 e. The summed E-state index contributed by atoms with van der Waals surface area (Å²) in [6.07, 6.45) is 3.80. The molecule has 33 heavy (non-hydrogen) atoms. The van der Waals surface area contributed by atoms with Crippen LogP contribution in [0.25, 0.3) is 22.3 Å². The van der Waals surface area contributed by atoms with E-state index in [1.807, 2.05) is 37.5 Å². The van der Waals surface area contributed by atoms with Crippen LogP contribution >= 0.6 is 0 Å². The molecule has 0 unspecified atom stereocenters. The fraction of sp³-hybridized carbons (Fsp3) is 0.261. The Bertz CT molecular complexity index is 1400. The van der Waals surface area contributed by atoms with Gasteiger partial charge in [0.25, 0.3) is 0 Å². The summed E-state index contributed by atoms with van der Waals surface area (Å²) in [5.74, 6) is -0.205. The molecular weight excluding hydrogens is 422 g/mol. The van der Waals surface area contributed by atoms with Crippen molar-refractivity contribution in [1.82, 2.24) is 29.2 Å². The molecule has 2 N–H and O–H groups in total. The molecule has 4 rings (SSSR count). The van der Waals surface area contributed by atoms with Crippen LogP contribution in [0.15, 0.2) is 53.6 Å². The average Bonchev–Trinajstić information content (AvgIpc) is 3.34. The first kappa shape index (κ1) is 22.0. The Labute approximate surface area is 189 Å². The van der Waals surface area contributed by atoms with E-state index in [1.165, 1.54) is 9.13 Å². The van der Waals surface area contributed by atoms with Crippen LogP contribution in [-0.4, -0.2) is 35.7 Å². The Morgan fingerprint density at radius 2 is 1.76 bits per heavy atom. The van der Waals surface area contributed by atoms with E-state index < -0.39 is 0 Å². The van der Waals surface area contributed by atoms with Crippen LogP contribution in [0.4, 0.5) is 5.82 Å². The van der Waals surface area contributed by atoms with Gasteiger partial charge in [-0.05, 0) is 29.3 Å². The maximum atomic E-state index is 12.3. The first-order valence-electron chi connectivity index (χ1n) is 10.5. The van der Waals surface area contributed by atoms with E-state index in [-0.39, 0.29) is 30.3 Å². The van der Waals surface area contributed by atoms with Gasteiger partial charge in [0.15, 0.2) is 5.65 Å². The van der Waals surface area contributed by atoms with E-state index in [1.54, 1.807) is 37.1 Å². The van der Waals surface area contributed by atoms with Crippen molar-refractivity contribution in [2.24, 2.45) is 21.1 Å². The molecule has 0 aliphatic carbocycles. The number of pyridine rings is 1. The van der Waals surface area contributed by atoms with Gasteiger partial charge in [-0.1, -0.05) is 18.2 Å². The molecule has 0 aliphatic heterocycles. The van der Waals surface area contributed by atoms with Crippen molar-refractivity contribution < 1.29 is 9.59 Å². The minimum atomic E-state index is -0.323. The lowest BCUT2D eigenvalue weighted by atomic mass is 10.1. The highest BCUT2D eigenvalue weighted by Crippen LogP contribution is 2.19. The van der Waals surface area contributed by atoms with Gasteiger partial charge < -0.3 is 10.6 Å². The first-order valence-corrected chi connectivity index (χ1v) is 10.5. The van der Waals surface area contributed by atoms with E-state index in [0.717, 1.165) is 16.7 Å². The predicted molar refractivity (Wildman–Crippen MR) is 124 cm³/mol. The molecule has 4 aromatic rings. The molecule has 0 fully saturated rings. The van der Waals surface area contributed by atoms with Crippen molar-refractivity contribution in [2.75, 3.05) is 5.32 Å². The number of hydrogen-bond acceptors (Lipinski definition) is 5. The number of nitrogens with one attached hydrogen (secondary N) is 2. The average molecular weight is 447 g/mol. The summed E-state index contributed by atoms with van der Waals surface area (Å²) in [4.78, 5) is 40.8. The lowest BCUT2D eigenvalue weighted by Gasteiger charge is -2.08. The summed E-state index contributed by atoms with van der Waals surface area (Å²) >= 11 is 0. The summed E-state index contributed by atoms with van der Waals surface area (Å²) in [7, 11) is 5.15. The van der Waals surface area contributed by atoms with Crippen LogP contribution in [0.1, 0.15) is 18.4 Å². The van der Waals surface area contributed by atoms with Gasteiger partial charge in [0.05, 0.1) is 11.7 Å². The van der Waals surface area contributed by atoms with Crippen molar-refractivity contribution in [2.45, 2.75) is 19.4 Å². The highest BCUT2D eigenvalue weighted by molar-refractivity contribution is 5.93. The van der Waals surface area contributed by atoms with Gasteiger partial charge in [0.1, 0.15) is 5.82 Å². The fourth-order valence-corrected chi connectivity index (χ4v) is 3.59. The molecule has 0 spiro atoms. The number of hydrogen-bond donors (Lipinski definition) is 2. The second kappa shape index (κ2) is 9.11. The fourth-order valence-electron chi connectivity index (χ4n) is 3.59. The Morgan fingerprint density at radius 1 is 0.970 bits per heavy atom. The number of aryl methyl sites for hydroxylation is 3. The zero-order valence-electron chi connectivity index (χ0n) is 18.7. The number of anilines is 1. The third-order valence-electron chi connectivity index (χ3n) is 5.41. The van der Waals surface area contributed by atoms with E-state index in [9.17, 15) is 14.4 Å². The summed E-state index contributed by atoms with van der Waals surface area (Å²) in [5.41, 5.74) is 3.95. The van der Waals surface area contributed by atoms with Gasteiger partial charge in [-0.15, -0.1) is 0 Å². The zero-order valence-corrected chi connectivity index (χ0v) is 18.7. The maximum absolute atomic E-state index is 12.3. The Balaban J connectivity index is 1.29. The SMILES string of the molecule is Cn1cc(-c2cccc(CNC(=O)CCC(=O)Nc3ccc4c(n3)n(C)c(=O)n4C)c2)cn1. The molecule has 10 heteroatoms. The van der Waals surface area contributed by atoms with Gasteiger partial charge in [-0.3, -0.25) is 23.4 Å². The van der Waals surface area contributed by atoms with Crippen LogP contribution in [-0.2, 0) is 37.3 Å². The molecular formula is C23H25N7O3. The number of amides is 2. The van der Waals surface area contributed by atoms with Crippen LogP contribution in [0.3, 0.4) is 0 Å². The molecule has 1 aromatic carbocycles. The third-order valence-corrected chi connectivity index (χ3v) is 5.41. The number of rotatable bonds is 7. The Hall–Kier alpha value is -4.21. The van der Waals surface area contributed by atoms with Crippen molar-refractivity contribution in [3.8, 4) is 11.1 Å². The zero-order chi connectivity index (χ0) is 23.5. The van der Waals surface area contributed by atoms with Gasteiger partial charge in [-0.25, -0.2) is 9.78 Å². The molecule has 3 heterocycles. The predicted octanol–water partition coefficient (Wildman–Crippen LogP) is 1.71. The number of aromatic nitrogens is 5. The summed E-state index contributed by atoms with van der Waals surface area (Å²) < 4.78 is 4.65. The normalized spacial score (nSPS) is 11.0. The molecule has 0 atom stereocenters.